The first kappa shape index (κ1) is 13.8. The molecule has 1 aromatic rings. The summed E-state index contributed by atoms with van der Waals surface area (Å²) in [6.07, 6.45) is 1.90. The number of carboxylic acids is 1. The Bertz CT molecular complexity index is 468. The Hall–Kier alpha value is -2.30. The van der Waals surface area contributed by atoms with E-state index in [-0.39, 0.29) is 5.91 Å². The van der Waals surface area contributed by atoms with Gasteiger partial charge in [0.25, 0.3) is 5.91 Å². The maximum absolute atomic E-state index is 11.3. The first-order chi connectivity index (χ1) is 8.52. The van der Waals surface area contributed by atoms with E-state index in [1.165, 1.54) is 13.1 Å². The first-order valence-electron chi connectivity index (χ1n) is 5.42. The number of ether oxygens (including phenoxy) is 1. The van der Waals surface area contributed by atoms with E-state index in [1.807, 2.05) is 0 Å². The van der Waals surface area contributed by atoms with Gasteiger partial charge >= 0.3 is 5.97 Å². The molecule has 96 valence electrons. The minimum atomic E-state index is -1.01. The fourth-order valence-electron chi connectivity index (χ4n) is 1.32. The van der Waals surface area contributed by atoms with E-state index in [2.05, 4.69) is 5.32 Å². The number of hydrogen-bond donors (Lipinski definition) is 2. The number of rotatable bonds is 5. The highest BCUT2D eigenvalue weighted by atomic mass is 16.5. The molecule has 18 heavy (non-hydrogen) atoms. The molecule has 1 aromatic carbocycles. The number of hydrogen-bond acceptors (Lipinski definition) is 3. The Morgan fingerprint density at radius 3 is 2.78 bits per heavy atom. The standard InChI is InChI=1S/C13H15NO4/c1-9(13(17)14-2)18-11-5-3-4-10(8-11)6-7-12(15)16/h3-9H,1-2H3,(H,14,17)(H,15,16)/b7-6+. The second-order valence-electron chi connectivity index (χ2n) is 3.62. The minimum absolute atomic E-state index is 0.221. The van der Waals surface area contributed by atoms with Gasteiger partial charge in [0.15, 0.2) is 6.10 Å². The molecule has 0 aliphatic carbocycles. The van der Waals surface area contributed by atoms with E-state index in [9.17, 15) is 9.59 Å². The summed E-state index contributed by atoms with van der Waals surface area (Å²) in [6.45, 7) is 1.64. The normalized spacial score (nSPS) is 12.1. The van der Waals surface area contributed by atoms with Crippen molar-refractivity contribution in [2.45, 2.75) is 13.0 Å². The molecule has 5 heteroatoms. The summed E-state index contributed by atoms with van der Waals surface area (Å²) in [5, 5.41) is 11.0. The van der Waals surface area contributed by atoms with Gasteiger partial charge in [-0.05, 0) is 30.7 Å². The van der Waals surface area contributed by atoms with Gasteiger partial charge in [0.2, 0.25) is 0 Å². The van der Waals surface area contributed by atoms with Crippen LogP contribution in [0.3, 0.4) is 0 Å². The fourth-order valence-corrected chi connectivity index (χ4v) is 1.32. The van der Waals surface area contributed by atoms with Crippen LogP contribution in [0.25, 0.3) is 6.08 Å². The summed E-state index contributed by atoms with van der Waals surface area (Å²) in [4.78, 5) is 21.7. The number of aliphatic carboxylic acids is 1. The fraction of sp³-hybridized carbons (Fsp3) is 0.231. The molecule has 0 radical (unpaired) electrons. The Morgan fingerprint density at radius 1 is 1.44 bits per heavy atom. The molecule has 1 rings (SSSR count). The molecule has 0 aliphatic heterocycles. The third-order valence-corrected chi connectivity index (χ3v) is 2.20. The molecule has 5 nitrogen and oxygen atoms in total. The Labute approximate surface area is 105 Å². The predicted molar refractivity (Wildman–Crippen MR) is 67.3 cm³/mol. The van der Waals surface area contributed by atoms with E-state index in [1.54, 1.807) is 31.2 Å². The number of carbonyl (C=O) groups is 2. The van der Waals surface area contributed by atoms with E-state index in [0.29, 0.717) is 11.3 Å². The molecule has 2 N–H and O–H groups in total. The molecule has 1 amide bonds. The molecular weight excluding hydrogens is 234 g/mol. The van der Waals surface area contributed by atoms with Crippen molar-refractivity contribution in [1.29, 1.82) is 0 Å². The lowest BCUT2D eigenvalue weighted by Gasteiger charge is -2.13. The van der Waals surface area contributed by atoms with Crippen LogP contribution in [0, 0.1) is 0 Å². The van der Waals surface area contributed by atoms with E-state index >= 15 is 0 Å². The smallest absolute Gasteiger partial charge is 0.328 e. The number of likely N-dealkylation sites (N-methyl/N-ethyl adjacent to an activating group) is 1. The summed E-state index contributed by atoms with van der Waals surface area (Å²) in [7, 11) is 1.54. The first-order valence-corrected chi connectivity index (χ1v) is 5.42. The molecule has 0 aromatic heterocycles. The summed E-state index contributed by atoms with van der Waals surface area (Å²) in [5.41, 5.74) is 0.694. The average molecular weight is 249 g/mol. The van der Waals surface area contributed by atoms with Crippen LogP contribution in [-0.4, -0.2) is 30.1 Å². The largest absolute Gasteiger partial charge is 0.481 e. The van der Waals surface area contributed by atoms with Crippen LogP contribution in [-0.2, 0) is 9.59 Å². The highest BCUT2D eigenvalue weighted by Gasteiger charge is 2.12. The molecule has 0 bridgehead atoms. The van der Waals surface area contributed by atoms with Gasteiger partial charge in [-0.1, -0.05) is 12.1 Å². The van der Waals surface area contributed by atoms with Gasteiger partial charge in [-0.15, -0.1) is 0 Å². The third-order valence-electron chi connectivity index (χ3n) is 2.20. The van der Waals surface area contributed by atoms with Crippen LogP contribution in [0.1, 0.15) is 12.5 Å². The van der Waals surface area contributed by atoms with Crippen LogP contribution in [0.4, 0.5) is 0 Å². The number of nitrogens with one attached hydrogen (secondary N) is 1. The SMILES string of the molecule is CNC(=O)C(C)Oc1cccc(/C=C/C(=O)O)c1. The van der Waals surface area contributed by atoms with Crippen LogP contribution in [0.5, 0.6) is 5.75 Å². The van der Waals surface area contributed by atoms with Gasteiger partial charge in [0.05, 0.1) is 0 Å². The molecule has 0 heterocycles. The average Bonchev–Trinajstić information content (AvgIpc) is 2.35. The van der Waals surface area contributed by atoms with Crippen molar-refractivity contribution in [1.82, 2.24) is 5.32 Å². The quantitative estimate of drug-likeness (QED) is 0.771. The molecule has 1 atom stereocenters. The van der Waals surface area contributed by atoms with Gasteiger partial charge in [-0.25, -0.2) is 4.79 Å². The lowest BCUT2D eigenvalue weighted by atomic mass is 10.2. The summed E-state index contributed by atoms with van der Waals surface area (Å²) >= 11 is 0. The monoisotopic (exact) mass is 249 g/mol. The van der Waals surface area contributed by atoms with Crippen molar-refractivity contribution in [3.05, 3.63) is 35.9 Å². The van der Waals surface area contributed by atoms with Crippen molar-refractivity contribution in [3.63, 3.8) is 0 Å². The zero-order chi connectivity index (χ0) is 13.5. The van der Waals surface area contributed by atoms with Crippen LogP contribution in [0.2, 0.25) is 0 Å². The maximum Gasteiger partial charge on any atom is 0.328 e. The van der Waals surface area contributed by atoms with Crippen molar-refractivity contribution in [2.75, 3.05) is 7.05 Å². The van der Waals surface area contributed by atoms with Crippen molar-refractivity contribution >= 4 is 18.0 Å². The second-order valence-corrected chi connectivity index (χ2v) is 3.62. The van der Waals surface area contributed by atoms with Gasteiger partial charge in [0, 0.05) is 13.1 Å². The van der Waals surface area contributed by atoms with Crippen LogP contribution >= 0.6 is 0 Å². The highest BCUT2D eigenvalue weighted by Crippen LogP contribution is 2.16. The topological polar surface area (TPSA) is 75.6 Å². The zero-order valence-corrected chi connectivity index (χ0v) is 10.2. The second kappa shape index (κ2) is 6.44. The Kier molecular flexibility index (Phi) is 4.92. The predicted octanol–water partition coefficient (Wildman–Crippen LogP) is 1.30. The van der Waals surface area contributed by atoms with E-state index < -0.39 is 12.1 Å². The Morgan fingerprint density at radius 2 is 2.17 bits per heavy atom. The van der Waals surface area contributed by atoms with Crippen molar-refractivity contribution in [3.8, 4) is 5.75 Å². The number of carboxylic acid groups (broad SMARTS) is 1. The maximum atomic E-state index is 11.3. The molecule has 0 aliphatic rings. The summed E-state index contributed by atoms with van der Waals surface area (Å²) in [5.74, 6) is -0.722. The highest BCUT2D eigenvalue weighted by molar-refractivity contribution is 5.85. The van der Waals surface area contributed by atoms with Gasteiger partial charge in [0.1, 0.15) is 5.75 Å². The lowest BCUT2D eigenvalue weighted by molar-refractivity contribution is -0.131. The van der Waals surface area contributed by atoms with Gasteiger partial charge in [-0.2, -0.15) is 0 Å². The molecule has 0 spiro atoms. The molecule has 0 saturated carbocycles. The molecule has 0 fully saturated rings. The van der Waals surface area contributed by atoms with Crippen LogP contribution < -0.4 is 10.1 Å². The number of carbonyl (C=O) groups excluding carboxylic acids is 1. The van der Waals surface area contributed by atoms with Crippen molar-refractivity contribution < 1.29 is 19.4 Å². The molecule has 0 saturated heterocycles. The van der Waals surface area contributed by atoms with Crippen molar-refractivity contribution in [2.24, 2.45) is 0 Å². The van der Waals surface area contributed by atoms with Gasteiger partial charge < -0.3 is 15.2 Å². The minimum Gasteiger partial charge on any atom is -0.481 e. The van der Waals surface area contributed by atoms with E-state index in [4.69, 9.17) is 9.84 Å². The summed E-state index contributed by atoms with van der Waals surface area (Å²) < 4.78 is 5.42. The van der Waals surface area contributed by atoms with E-state index in [0.717, 1.165) is 6.08 Å². The zero-order valence-electron chi connectivity index (χ0n) is 10.2. The van der Waals surface area contributed by atoms with Crippen LogP contribution in [0.15, 0.2) is 30.3 Å². The lowest BCUT2D eigenvalue weighted by Crippen LogP contribution is -2.33. The Balaban J connectivity index is 2.76. The summed E-state index contributed by atoms with van der Waals surface area (Å²) in [6, 6.07) is 6.85. The number of benzene rings is 1. The third kappa shape index (κ3) is 4.29. The number of amides is 1. The molecule has 1 unspecified atom stereocenters. The van der Waals surface area contributed by atoms with Gasteiger partial charge in [-0.3, -0.25) is 4.79 Å². The molecular formula is C13H15NO4.